The molecule has 1 fully saturated rings. The van der Waals surface area contributed by atoms with Crippen LogP contribution in [0.4, 0.5) is 13.2 Å². The summed E-state index contributed by atoms with van der Waals surface area (Å²) in [6.45, 7) is 3.60. The molecule has 2 N–H and O–H groups in total. The molecule has 2 heterocycles. The van der Waals surface area contributed by atoms with Crippen LogP contribution in [0.5, 0.6) is 0 Å². The highest BCUT2D eigenvalue weighted by Gasteiger charge is 2.37. The lowest BCUT2D eigenvalue weighted by atomic mass is 9.82. The lowest BCUT2D eigenvalue weighted by Crippen LogP contribution is -2.31. The van der Waals surface area contributed by atoms with Crippen LogP contribution in [0, 0.1) is 5.41 Å². The third-order valence-corrected chi connectivity index (χ3v) is 4.56. The molecular formula is C18H20F3N3O2. The number of halogens is 3. The first-order chi connectivity index (χ1) is 12.0. The maximum atomic E-state index is 13.3. The zero-order chi connectivity index (χ0) is 19.3. The number of nitrogens with zero attached hydrogens (tertiary/aromatic N) is 2. The minimum Gasteiger partial charge on any atom is -0.370 e. The largest absolute Gasteiger partial charge is 0.419 e. The molecule has 0 aromatic carbocycles. The molecule has 140 valence electrons. The second-order valence-electron chi connectivity index (χ2n) is 7.65. The van der Waals surface area contributed by atoms with Gasteiger partial charge in [0, 0.05) is 24.1 Å². The first-order valence-corrected chi connectivity index (χ1v) is 8.39. The topological polar surface area (TPSA) is 77.5 Å². The molecule has 0 spiro atoms. The highest BCUT2D eigenvalue weighted by Crippen LogP contribution is 2.42. The molecule has 0 aliphatic heterocycles. The van der Waals surface area contributed by atoms with Crippen molar-refractivity contribution < 1.29 is 18.0 Å². The van der Waals surface area contributed by atoms with Gasteiger partial charge in [-0.3, -0.25) is 14.0 Å². The molecule has 0 atom stereocenters. The van der Waals surface area contributed by atoms with Crippen LogP contribution in [0.15, 0.2) is 23.1 Å². The van der Waals surface area contributed by atoms with Gasteiger partial charge in [0.2, 0.25) is 5.91 Å². The SMILES string of the molecule is CC(C)(CC(N)=O)Cc1c(C2CC2)nc2c(C(F)(F)F)cccn2c1=O. The van der Waals surface area contributed by atoms with E-state index in [-0.39, 0.29) is 24.4 Å². The van der Waals surface area contributed by atoms with Crippen LogP contribution in [0.25, 0.3) is 5.65 Å². The van der Waals surface area contributed by atoms with E-state index in [2.05, 4.69) is 4.98 Å². The van der Waals surface area contributed by atoms with Crippen LogP contribution >= 0.6 is 0 Å². The van der Waals surface area contributed by atoms with Crippen molar-refractivity contribution >= 4 is 11.6 Å². The Morgan fingerprint density at radius 3 is 2.54 bits per heavy atom. The summed E-state index contributed by atoms with van der Waals surface area (Å²) in [6, 6.07) is 2.11. The van der Waals surface area contributed by atoms with Crippen molar-refractivity contribution in [2.75, 3.05) is 0 Å². The average molecular weight is 367 g/mol. The van der Waals surface area contributed by atoms with Crippen molar-refractivity contribution in [2.24, 2.45) is 11.1 Å². The van der Waals surface area contributed by atoms with E-state index in [0.29, 0.717) is 11.3 Å². The number of hydrogen-bond donors (Lipinski definition) is 1. The van der Waals surface area contributed by atoms with Gasteiger partial charge in [0.15, 0.2) is 5.65 Å². The predicted molar refractivity (Wildman–Crippen MR) is 89.7 cm³/mol. The Hall–Kier alpha value is -2.38. The summed E-state index contributed by atoms with van der Waals surface area (Å²) in [5, 5.41) is 0. The maximum Gasteiger partial charge on any atom is 0.419 e. The zero-order valence-corrected chi connectivity index (χ0v) is 14.6. The summed E-state index contributed by atoms with van der Waals surface area (Å²) < 4.78 is 40.9. The Kier molecular flexibility index (Phi) is 4.32. The molecular weight excluding hydrogens is 347 g/mol. The number of pyridine rings is 1. The number of nitrogens with two attached hydrogens (primary N) is 1. The quantitative estimate of drug-likeness (QED) is 0.882. The van der Waals surface area contributed by atoms with Crippen molar-refractivity contribution in [3.05, 3.63) is 45.5 Å². The molecule has 0 unspecified atom stereocenters. The number of carbonyl (C=O) groups is 1. The lowest BCUT2D eigenvalue weighted by Gasteiger charge is -2.24. The van der Waals surface area contributed by atoms with E-state index in [9.17, 15) is 22.8 Å². The fourth-order valence-electron chi connectivity index (χ4n) is 3.31. The van der Waals surface area contributed by atoms with Crippen molar-refractivity contribution in [3.63, 3.8) is 0 Å². The normalized spacial score (nSPS) is 15.4. The van der Waals surface area contributed by atoms with Crippen LogP contribution in [0.2, 0.25) is 0 Å². The number of amides is 1. The Balaban J connectivity index is 2.21. The van der Waals surface area contributed by atoms with Crippen LogP contribution in [0.1, 0.15) is 55.8 Å². The van der Waals surface area contributed by atoms with E-state index in [4.69, 9.17) is 5.73 Å². The second kappa shape index (κ2) is 6.10. The number of primary amides is 1. The molecule has 0 radical (unpaired) electrons. The van der Waals surface area contributed by atoms with Crippen LogP contribution in [0.3, 0.4) is 0 Å². The lowest BCUT2D eigenvalue weighted by molar-refractivity contribution is -0.136. The van der Waals surface area contributed by atoms with Gasteiger partial charge >= 0.3 is 6.18 Å². The molecule has 2 aromatic rings. The van der Waals surface area contributed by atoms with E-state index in [1.165, 1.54) is 12.3 Å². The number of alkyl halides is 3. The van der Waals surface area contributed by atoms with Crippen LogP contribution in [-0.2, 0) is 17.4 Å². The van der Waals surface area contributed by atoms with Crippen LogP contribution < -0.4 is 11.3 Å². The molecule has 5 nitrogen and oxygen atoms in total. The summed E-state index contributed by atoms with van der Waals surface area (Å²) in [5.74, 6) is -0.496. The monoisotopic (exact) mass is 367 g/mol. The zero-order valence-electron chi connectivity index (χ0n) is 14.6. The van der Waals surface area contributed by atoms with E-state index in [0.717, 1.165) is 23.3 Å². The predicted octanol–water partition coefficient (Wildman–Crippen LogP) is 3.03. The molecule has 0 bridgehead atoms. The molecule has 1 aliphatic rings. The molecule has 1 aliphatic carbocycles. The highest BCUT2D eigenvalue weighted by atomic mass is 19.4. The van der Waals surface area contributed by atoms with Gasteiger partial charge in [0.1, 0.15) is 0 Å². The van der Waals surface area contributed by atoms with Gasteiger partial charge in [-0.05, 0) is 36.8 Å². The molecule has 3 rings (SSSR count). The highest BCUT2D eigenvalue weighted by molar-refractivity contribution is 5.74. The third-order valence-electron chi connectivity index (χ3n) is 4.56. The van der Waals surface area contributed by atoms with E-state index in [1.807, 2.05) is 0 Å². The van der Waals surface area contributed by atoms with E-state index < -0.39 is 28.6 Å². The van der Waals surface area contributed by atoms with Crippen molar-refractivity contribution in [3.8, 4) is 0 Å². The molecule has 1 saturated carbocycles. The van der Waals surface area contributed by atoms with Gasteiger partial charge in [-0.1, -0.05) is 13.8 Å². The third kappa shape index (κ3) is 3.59. The summed E-state index contributed by atoms with van der Waals surface area (Å²) in [7, 11) is 0. The van der Waals surface area contributed by atoms with Gasteiger partial charge in [-0.15, -0.1) is 0 Å². The number of aromatic nitrogens is 2. The van der Waals surface area contributed by atoms with Gasteiger partial charge in [-0.25, -0.2) is 4.98 Å². The standard InChI is InChI=1S/C18H20F3N3O2/c1-17(2,9-13(22)25)8-11-14(10-5-6-10)23-15-12(18(19,20)21)4-3-7-24(15)16(11)26/h3-4,7,10H,5-6,8-9H2,1-2H3,(H2,22,25). The second-order valence-corrected chi connectivity index (χ2v) is 7.65. The molecule has 2 aromatic heterocycles. The van der Waals surface area contributed by atoms with E-state index >= 15 is 0 Å². The first kappa shape index (κ1) is 18.4. The van der Waals surface area contributed by atoms with Crippen molar-refractivity contribution in [1.29, 1.82) is 0 Å². The molecule has 8 heteroatoms. The summed E-state index contributed by atoms with van der Waals surface area (Å²) in [5.41, 5.74) is 3.66. The minimum absolute atomic E-state index is 0.00614. The molecule has 26 heavy (non-hydrogen) atoms. The summed E-state index contributed by atoms with van der Waals surface area (Å²) in [4.78, 5) is 28.5. The number of carbonyl (C=O) groups excluding carboxylic acids is 1. The van der Waals surface area contributed by atoms with Gasteiger partial charge < -0.3 is 5.73 Å². The smallest absolute Gasteiger partial charge is 0.370 e. The fourth-order valence-corrected chi connectivity index (χ4v) is 3.31. The van der Waals surface area contributed by atoms with Crippen molar-refractivity contribution in [2.45, 2.75) is 51.6 Å². The Morgan fingerprint density at radius 2 is 2.00 bits per heavy atom. The number of hydrogen-bond acceptors (Lipinski definition) is 3. The molecule has 0 saturated heterocycles. The summed E-state index contributed by atoms with van der Waals surface area (Å²) in [6.07, 6.45) is -1.42. The van der Waals surface area contributed by atoms with Gasteiger partial charge in [-0.2, -0.15) is 13.2 Å². The van der Waals surface area contributed by atoms with Crippen molar-refractivity contribution in [1.82, 2.24) is 9.38 Å². The fraction of sp³-hybridized carbons (Fsp3) is 0.500. The minimum atomic E-state index is -4.60. The van der Waals surface area contributed by atoms with Gasteiger partial charge in [0.25, 0.3) is 5.56 Å². The Morgan fingerprint density at radius 1 is 1.35 bits per heavy atom. The van der Waals surface area contributed by atoms with E-state index in [1.54, 1.807) is 13.8 Å². The maximum absolute atomic E-state index is 13.3. The summed E-state index contributed by atoms with van der Waals surface area (Å²) >= 11 is 0. The van der Waals surface area contributed by atoms with Gasteiger partial charge in [0.05, 0.1) is 11.3 Å². The Bertz CT molecular complexity index is 928. The number of fused-ring (bicyclic) bond motifs is 1. The number of rotatable bonds is 5. The molecule has 1 amide bonds. The first-order valence-electron chi connectivity index (χ1n) is 8.39. The van der Waals surface area contributed by atoms with Crippen LogP contribution in [-0.4, -0.2) is 15.3 Å². The average Bonchev–Trinajstić information content (AvgIpc) is 3.31. The Labute approximate surface area is 148 Å².